The Labute approximate surface area is 132 Å². The van der Waals surface area contributed by atoms with E-state index in [1.807, 2.05) is 24.3 Å². The summed E-state index contributed by atoms with van der Waals surface area (Å²) in [6, 6.07) is 16.3. The Balaban J connectivity index is 2.07. The number of aryl methyl sites for hydroxylation is 2. The lowest BCUT2D eigenvalue weighted by atomic mass is 10.1. The van der Waals surface area contributed by atoms with Gasteiger partial charge < -0.3 is 0 Å². The number of halogens is 1. The molecule has 0 spiro atoms. The van der Waals surface area contributed by atoms with Crippen molar-refractivity contribution in [2.45, 2.75) is 13.8 Å². The number of benzene rings is 2. The first-order valence-corrected chi connectivity index (χ1v) is 7.47. The minimum Gasteiger partial charge on any atom is -0.208 e. The van der Waals surface area contributed by atoms with E-state index in [0.717, 1.165) is 11.1 Å². The Kier molecular flexibility index (Phi) is 3.80. The van der Waals surface area contributed by atoms with Crippen molar-refractivity contribution in [2.24, 2.45) is 0 Å². The summed E-state index contributed by atoms with van der Waals surface area (Å²) < 4.78 is 0.545. The minimum atomic E-state index is 0.545. The molecule has 4 heteroatoms. The first kappa shape index (κ1) is 13.9. The monoisotopic (exact) mass is 339 g/mol. The molecule has 21 heavy (non-hydrogen) atoms. The fraction of sp³-hybridized carbons (Fsp3) is 0.118. The van der Waals surface area contributed by atoms with Gasteiger partial charge >= 0.3 is 0 Å². The summed E-state index contributed by atoms with van der Waals surface area (Å²) in [5.74, 6) is 1.35. The van der Waals surface area contributed by atoms with Crippen molar-refractivity contribution in [3.63, 3.8) is 0 Å². The van der Waals surface area contributed by atoms with Gasteiger partial charge in [-0.15, -0.1) is 0 Å². The van der Waals surface area contributed by atoms with Crippen molar-refractivity contribution in [3.8, 4) is 22.8 Å². The van der Waals surface area contributed by atoms with Crippen molar-refractivity contribution in [3.05, 3.63) is 64.4 Å². The predicted molar refractivity (Wildman–Crippen MR) is 87.9 cm³/mol. The summed E-state index contributed by atoms with van der Waals surface area (Å²) in [6.45, 7) is 4.12. The Bertz CT molecular complexity index is 701. The number of aromatic nitrogens is 3. The highest BCUT2D eigenvalue weighted by molar-refractivity contribution is 9.10. The van der Waals surface area contributed by atoms with E-state index < -0.39 is 0 Å². The van der Waals surface area contributed by atoms with Gasteiger partial charge in [0.25, 0.3) is 0 Å². The average Bonchev–Trinajstić information content (AvgIpc) is 2.48. The van der Waals surface area contributed by atoms with Gasteiger partial charge in [-0.05, 0) is 29.8 Å². The van der Waals surface area contributed by atoms with Crippen molar-refractivity contribution >= 4 is 15.9 Å². The van der Waals surface area contributed by atoms with Crippen molar-refractivity contribution in [1.29, 1.82) is 0 Å². The van der Waals surface area contributed by atoms with Gasteiger partial charge in [0.05, 0.1) is 0 Å². The lowest BCUT2D eigenvalue weighted by Gasteiger charge is -2.05. The highest BCUT2D eigenvalue weighted by Crippen LogP contribution is 2.22. The molecule has 0 radical (unpaired) electrons. The zero-order valence-corrected chi connectivity index (χ0v) is 13.4. The minimum absolute atomic E-state index is 0.545. The molecule has 0 aliphatic heterocycles. The van der Waals surface area contributed by atoms with Crippen LogP contribution in [0.25, 0.3) is 22.8 Å². The van der Waals surface area contributed by atoms with E-state index in [0.29, 0.717) is 16.4 Å². The Hall–Kier alpha value is -2.07. The van der Waals surface area contributed by atoms with Crippen LogP contribution in [0.2, 0.25) is 0 Å². The Morgan fingerprint density at radius 1 is 0.619 bits per heavy atom. The van der Waals surface area contributed by atoms with Gasteiger partial charge in [0.1, 0.15) is 0 Å². The topological polar surface area (TPSA) is 38.7 Å². The largest absolute Gasteiger partial charge is 0.208 e. The second-order valence-electron chi connectivity index (χ2n) is 4.98. The third-order valence-electron chi connectivity index (χ3n) is 3.23. The zero-order chi connectivity index (χ0) is 14.8. The fourth-order valence-electron chi connectivity index (χ4n) is 2.01. The molecule has 1 aromatic heterocycles. The molecule has 0 aliphatic carbocycles. The molecule has 0 atom stereocenters. The first-order valence-electron chi connectivity index (χ1n) is 6.67. The second kappa shape index (κ2) is 5.74. The maximum absolute atomic E-state index is 4.58. The maximum atomic E-state index is 4.58. The van der Waals surface area contributed by atoms with E-state index in [1.54, 1.807) is 0 Å². The van der Waals surface area contributed by atoms with Crippen LogP contribution >= 0.6 is 15.9 Å². The van der Waals surface area contributed by atoms with E-state index in [4.69, 9.17) is 0 Å². The van der Waals surface area contributed by atoms with Gasteiger partial charge in [0.2, 0.25) is 4.73 Å². The third kappa shape index (κ3) is 3.16. The number of hydrogen-bond donors (Lipinski definition) is 0. The van der Waals surface area contributed by atoms with Crippen molar-refractivity contribution in [1.82, 2.24) is 15.0 Å². The molecule has 3 rings (SSSR count). The normalized spacial score (nSPS) is 10.6. The highest BCUT2D eigenvalue weighted by atomic mass is 79.9. The summed E-state index contributed by atoms with van der Waals surface area (Å²) in [5.41, 5.74) is 4.39. The molecule has 3 aromatic rings. The molecule has 0 fully saturated rings. The zero-order valence-electron chi connectivity index (χ0n) is 11.8. The maximum Gasteiger partial charge on any atom is 0.200 e. The molecule has 0 amide bonds. The fourth-order valence-corrected chi connectivity index (χ4v) is 2.35. The number of nitrogens with zero attached hydrogens (tertiary/aromatic N) is 3. The Morgan fingerprint density at radius 3 is 1.38 bits per heavy atom. The molecule has 2 aromatic carbocycles. The van der Waals surface area contributed by atoms with Crippen LogP contribution in [-0.2, 0) is 0 Å². The van der Waals surface area contributed by atoms with Gasteiger partial charge in [-0.2, -0.15) is 0 Å². The molecule has 3 nitrogen and oxygen atoms in total. The smallest absolute Gasteiger partial charge is 0.200 e. The number of hydrogen-bond acceptors (Lipinski definition) is 3. The molecule has 0 aliphatic rings. The van der Waals surface area contributed by atoms with Gasteiger partial charge in [-0.3, -0.25) is 0 Å². The third-order valence-corrected chi connectivity index (χ3v) is 3.58. The first-order chi connectivity index (χ1) is 10.1. The molecule has 0 N–H and O–H groups in total. The van der Waals surface area contributed by atoms with E-state index in [9.17, 15) is 0 Å². The molecule has 0 bridgehead atoms. The SMILES string of the molecule is Cc1ccc(-c2nc(Br)nc(-c3ccc(C)cc3)n2)cc1. The van der Waals surface area contributed by atoms with Gasteiger partial charge in [0, 0.05) is 11.1 Å². The van der Waals surface area contributed by atoms with Crippen LogP contribution in [0, 0.1) is 13.8 Å². The Morgan fingerprint density at radius 2 is 1.00 bits per heavy atom. The molecular formula is C17H14BrN3. The lowest BCUT2D eigenvalue weighted by molar-refractivity contribution is 1.03. The number of rotatable bonds is 2. The lowest BCUT2D eigenvalue weighted by Crippen LogP contribution is -1.97. The summed E-state index contributed by atoms with van der Waals surface area (Å²) in [5, 5.41) is 0. The summed E-state index contributed by atoms with van der Waals surface area (Å²) in [4.78, 5) is 13.3. The molecule has 0 unspecified atom stereocenters. The van der Waals surface area contributed by atoms with Crippen molar-refractivity contribution < 1.29 is 0 Å². The van der Waals surface area contributed by atoms with Crippen LogP contribution in [0.4, 0.5) is 0 Å². The van der Waals surface area contributed by atoms with Crippen LogP contribution in [0.15, 0.2) is 53.3 Å². The predicted octanol–water partition coefficient (Wildman–Crippen LogP) is 4.58. The standard InChI is InChI=1S/C17H14BrN3/c1-11-3-7-13(8-4-11)15-19-16(21-17(18)20-15)14-9-5-12(2)6-10-14/h3-10H,1-2H3. The molecule has 1 heterocycles. The summed E-state index contributed by atoms with van der Waals surface area (Å²) in [6.07, 6.45) is 0. The van der Waals surface area contributed by atoms with Crippen LogP contribution in [-0.4, -0.2) is 15.0 Å². The quantitative estimate of drug-likeness (QED) is 0.685. The summed E-state index contributed by atoms with van der Waals surface area (Å²) in [7, 11) is 0. The summed E-state index contributed by atoms with van der Waals surface area (Å²) >= 11 is 3.37. The van der Waals surface area contributed by atoms with E-state index >= 15 is 0 Å². The molecule has 104 valence electrons. The van der Waals surface area contributed by atoms with Gasteiger partial charge in [0.15, 0.2) is 11.6 Å². The van der Waals surface area contributed by atoms with Crippen LogP contribution in [0.5, 0.6) is 0 Å². The van der Waals surface area contributed by atoms with E-state index in [-0.39, 0.29) is 0 Å². The molecule has 0 saturated carbocycles. The van der Waals surface area contributed by atoms with E-state index in [2.05, 4.69) is 69.0 Å². The van der Waals surface area contributed by atoms with E-state index in [1.165, 1.54) is 11.1 Å². The van der Waals surface area contributed by atoms with Gasteiger partial charge in [-0.1, -0.05) is 59.7 Å². The van der Waals surface area contributed by atoms with Crippen LogP contribution < -0.4 is 0 Å². The van der Waals surface area contributed by atoms with Crippen LogP contribution in [0.1, 0.15) is 11.1 Å². The van der Waals surface area contributed by atoms with Crippen molar-refractivity contribution in [2.75, 3.05) is 0 Å². The average molecular weight is 340 g/mol. The van der Waals surface area contributed by atoms with Crippen LogP contribution in [0.3, 0.4) is 0 Å². The molecule has 0 saturated heterocycles. The second-order valence-corrected chi connectivity index (χ2v) is 5.69. The highest BCUT2D eigenvalue weighted by Gasteiger charge is 2.08. The molecular weight excluding hydrogens is 326 g/mol. The van der Waals surface area contributed by atoms with Gasteiger partial charge in [-0.25, -0.2) is 15.0 Å².